The number of halogens is 1. The SMILES string of the molecule is CN=C(NCCNS(C)(=O)=O)N1CCC(C)C(n2ccnc2)C1.I. The molecule has 1 saturated heterocycles. The van der Waals surface area contributed by atoms with Crippen LogP contribution in [0.1, 0.15) is 19.4 Å². The van der Waals surface area contributed by atoms with E-state index in [-0.39, 0.29) is 24.0 Å². The van der Waals surface area contributed by atoms with E-state index in [0.717, 1.165) is 31.7 Å². The number of hydrogen-bond donors (Lipinski definition) is 2. The molecule has 0 radical (unpaired) electrons. The van der Waals surface area contributed by atoms with Crippen molar-refractivity contribution in [1.82, 2.24) is 24.5 Å². The predicted molar refractivity (Wildman–Crippen MR) is 106 cm³/mol. The van der Waals surface area contributed by atoms with E-state index in [1.54, 1.807) is 13.2 Å². The molecule has 0 aliphatic carbocycles. The quantitative estimate of drug-likeness (QED) is 0.283. The predicted octanol–water partition coefficient (Wildman–Crippen LogP) is 0.509. The van der Waals surface area contributed by atoms with Gasteiger partial charge in [0.15, 0.2) is 5.96 Å². The molecule has 2 rings (SSSR count). The molecule has 0 amide bonds. The first-order valence-electron chi connectivity index (χ1n) is 7.78. The smallest absolute Gasteiger partial charge is 0.208 e. The fourth-order valence-corrected chi connectivity index (χ4v) is 3.31. The normalized spacial score (nSPS) is 22.1. The summed E-state index contributed by atoms with van der Waals surface area (Å²) in [4.78, 5) is 10.7. The number of nitrogens with zero attached hydrogens (tertiary/aromatic N) is 4. The van der Waals surface area contributed by atoms with E-state index >= 15 is 0 Å². The number of nitrogens with one attached hydrogen (secondary N) is 2. The van der Waals surface area contributed by atoms with Crippen molar-refractivity contribution in [2.75, 3.05) is 39.5 Å². The Labute approximate surface area is 161 Å². The molecule has 0 saturated carbocycles. The minimum absolute atomic E-state index is 0. The van der Waals surface area contributed by atoms with Crippen LogP contribution >= 0.6 is 24.0 Å². The highest BCUT2D eigenvalue weighted by Crippen LogP contribution is 2.27. The molecule has 1 fully saturated rings. The highest BCUT2D eigenvalue weighted by Gasteiger charge is 2.28. The lowest BCUT2D eigenvalue weighted by molar-refractivity contribution is 0.189. The van der Waals surface area contributed by atoms with Gasteiger partial charge in [-0.25, -0.2) is 18.1 Å². The molecule has 0 spiro atoms. The first-order valence-corrected chi connectivity index (χ1v) is 9.67. The number of imidazole rings is 1. The Bertz CT molecular complexity index is 619. The van der Waals surface area contributed by atoms with Crippen LogP contribution in [-0.4, -0.2) is 68.3 Å². The van der Waals surface area contributed by atoms with Crippen LogP contribution in [0.25, 0.3) is 0 Å². The molecular formula is C14H27IN6O2S. The zero-order valence-electron chi connectivity index (χ0n) is 14.3. The largest absolute Gasteiger partial charge is 0.355 e. The second kappa shape index (κ2) is 9.56. The number of likely N-dealkylation sites (tertiary alicyclic amines) is 1. The van der Waals surface area contributed by atoms with Crippen LogP contribution in [0.3, 0.4) is 0 Å². The number of aromatic nitrogens is 2. The van der Waals surface area contributed by atoms with Crippen molar-refractivity contribution in [3.8, 4) is 0 Å². The number of hydrogen-bond acceptors (Lipinski definition) is 4. The van der Waals surface area contributed by atoms with E-state index in [4.69, 9.17) is 0 Å². The Kier molecular flexibility index (Phi) is 8.43. The highest BCUT2D eigenvalue weighted by molar-refractivity contribution is 14.0. The molecule has 24 heavy (non-hydrogen) atoms. The average molecular weight is 470 g/mol. The summed E-state index contributed by atoms with van der Waals surface area (Å²) in [6.45, 7) is 4.89. The second-order valence-electron chi connectivity index (χ2n) is 5.93. The van der Waals surface area contributed by atoms with E-state index < -0.39 is 10.0 Å². The van der Waals surface area contributed by atoms with Gasteiger partial charge in [0, 0.05) is 45.6 Å². The van der Waals surface area contributed by atoms with Gasteiger partial charge in [-0.2, -0.15) is 0 Å². The Morgan fingerprint density at radius 3 is 2.75 bits per heavy atom. The Hall–Kier alpha value is -0.880. The van der Waals surface area contributed by atoms with Crippen molar-refractivity contribution >= 4 is 40.0 Å². The number of guanidine groups is 1. The topological polar surface area (TPSA) is 91.6 Å². The monoisotopic (exact) mass is 470 g/mol. The van der Waals surface area contributed by atoms with Crippen LogP contribution < -0.4 is 10.0 Å². The first-order chi connectivity index (χ1) is 10.9. The van der Waals surface area contributed by atoms with Gasteiger partial charge in [0.1, 0.15) is 0 Å². The third kappa shape index (κ3) is 6.20. The summed E-state index contributed by atoms with van der Waals surface area (Å²) >= 11 is 0. The molecule has 2 N–H and O–H groups in total. The Balaban J connectivity index is 0.00000288. The summed E-state index contributed by atoms with van der Waals surface area (Å²) < 4.78 is 26.8. The minimum atomic E-state index is -3.15. The van der Waals surface area contributed by atoms with E-state index in [2.05, 4.69) is 36.4 Å². The molecule has 1 aliphatic heterocycles. The summed E-state index contributed by atoms with van der Waals surface area (Å²) in [5.41, 5.74) is 0. The van der Waals surface area contributed by atoms with Crippen molar-refractivity contribution in [3.63, 3.8) is 0 Å². The fraction of sp³-hybridized carbons (Fsp3) is 0.714. The van der Waals surface area contributed by atoms with Crippen molar-refractivity contribution in [2.24, 2.45) is 10.9 Å². The molecule has 1 aromatic heterocycles. The third-order valence-electron chi connectivity index (χ3n) is 4.11. The van der Waals surface area contributed by atoms with Crippen molar-refractivity contribution in [3.05, 3.63) is 18.7 Å². The van der Waals surface area contributed by atoms with Crippen LogP contribution in [0.2, 0.25) is 0 Å². The zero-order valence-corrected chi connectivity index (χ0v) is 17.5. The van der Waals surface area contributed by atoms with Crippen LogP contribution in [0.5, 0.6) is 0 Å². The van der Waals surface area contributed by atoms with E-state index in [1.165, 1.54) is 0 Å². The minimum Gasteiger partial charge on any atom is -0.355 e. The Morgan fingerprint density at radius 1 is 1.42 bits per heavy atom. The van der Waals surface area contributed by atoms with Crippen LogP contribution in [-0.2, 0) is 10.0 Å². The van der Waals surface area contributed by atoms with Gasteiger partial charge in [-0.3, -0.25) is 4.99 Å². The summed E-state index contributed by atoms with van der Waals surface area (Å²) in [6.07, 6.45) is 7.89. The molecule has 0 bridgehead atoms. The lowest BCUT2D eigenvalue weighted by Gasteiger charge is -2.39. The lowest BCUT2D eigenvalue weighted by atomic mass is 9.93. The second-order valence-corrected chi connectivity index (χ2v) is 7.76. The summed E-state index contributed by atoms with van der Waals surface area (Å²) in [6, 6.07) is 0.360. The number of piperidine rings is 1. The van der Waals surface area contributed by atoms with Crippen molar-refractivity contribution in [2.45, 2.75) is 19.4 Å². The van der Waals surface area contributed by atoms with Crippen LogP contribution in [0.15, 0.2) is 23.7 Å². The Morgan fingerprint density at radius 2 is 2.17 bits per heavy atom. The average Bonchev–Trinajstić information content (AvgIpc) is 3.01. The third-order valence-corrected chi connectivity index (χ3v) is 4.84. The number of aliphatic imine (C=N–C) groups is 1. The molecule has 2 heterocycles. The molecule has 2 unspecified atom stereocenters. The molecule has 1 aromatic rings. The molecule has 2 atom stereocenters. The van der Waals surface area contributed by atoms with Gasteiger partial charge in [-0.05, 0) is 12.3 Å². The number of rotatable bonds is 5. The molecule has 1 aliphatic rings. The van der Waals surface area contributed by atoms with Crippen LogP contribution in [0.4, 0.5) is 0 Å². The van der Waals surface area contributed by atoms with Gasteiger partial charge in [-0.15, -0.1) is 24.0 Å². The first kappa shape index (κ1) is 21.2. The van der Waals surface area contributed by atoms with Crippen molar-refractivity contribution in [1.29, 1.82) is 0 Å². The summed E-state index contributed by atoms with van der Waals surface area (Å²) in [5.74, 6) is 1.38. The van der Waals surface area contributed by atoms with E-state index in [9.17, 15) is 8.42 Å². The maximum atomic E-state index is 11.1. The van der Waals surface area contributed by atoms with E-state index in [0.29, 0.717) is 25.0 Å². The van der Waals surface area contributed by atoms with Crippen molar-refractivity contribution < 1.29 is 8.42 Å². The fourth-order valence-electron chi connectivity index (χ4n) is 2.84. The van der Waals surface area contributed by atoms with Gasteiger partial charge in [-0.1, -0.05) is 6.92 Å². The van der Waals surface area contributed by atoms with Gasteiger partial charge in [0.25, 0.3) is 0 Å². The molecule has 0 aromatic carbocycles. The maximum absolute atomic E-state index is 11.1. The summed E-state index contributed by atoms with van der Waals surface area (Å²) in [7, 11) is -1.41. The highest BCUT2D eigenvalue weighted by atomic mass is 127. The van der Waals surface area contributed by atoms with Gasteiger partial charge in [0.05, 0.1) is 18.6 Å². The van der Waals surface area contributed by atoms with Crippen LogP contribution in [0, 0.1) is 5.92 Å². The van der Waals surface area contributed by atoms with Gasteiger partial charge >= 0.3 is 0 Å². The zero-order chi connectivity index (χ0) is 16.9. The van der Waals surface area contributed by atoms with E-state index in [1.807, 2.05) is 12.5 Å². The summed E-state index contributed by atoms with van der Waals surface area (Å²) in [5, 5.41) is 3.22. The number of sulfonamides is 1. The molecule has 138 valence electrons. The maximum Gasteiger partial charge on any atom is 0.208 e. The lowest BCUT2D eigenvalue weighted by Crippen LogP contribution is -2.50. The standard InChI is InChI=1S/C14H26N6O2S.HI/c1-12-4-8-19(10-13(12)20-9-7-16-11-20)14(15-2)17-5-6-18-23(3,21)22;/h7,9,11-13,18H,4-6,8,10H2,1-3H3,(H,15,17);1H. The van der Waals surface area contributed by atoms with Gasteiger partial charge in [0.2, 0.25) is 10.0 Å². The molecule has 8 nitrogen and oxygen atoms in total. The molecular weight excluding hydrogens is 443 g/mol. The van der Waals surface area contributed by atoms with Gasteiger partial charge < -0.3 is 14.8 Å². The molecule has 10 heteroatoms.